The second-order valence-electron chi connectivity index (χ2n) is 18.3. The van der Waals surface area contributed by atoms with Crippen molar-refractivity contribution >= 4 is 51.4 Å². The number of anilines is 1. The van der Waals surface area contributed by atoms with E-state index < -0.39 is 80.4 Å². The largest absolute Gasteiger partial charge is 0.492 e. The molecule has 1 aliphatic carbocycles. The Hall–Kier alpha value is -5.84. The molecule has 19 heteroatoms. The Kier molecular flexibility index (Phi) is 9.21. The molecule has 6 heterocycles. The molecule has 0 radical (unpaired) electrons. The second-order valence-corrected chi connectivity index (χ2v) is 20.1. The summed E-state index contributed by atoms with van der Waals surface area (Å²) in [6.45, 7) is 6.12. The van der Waals surface area contributed by atoms with Gasteiger partial charge in [-0.05, 0) is 108 Å². The normalized spacial score (nSPS) is 25.4. The minimum absolute atomic E-state index is 0.0379. The van der Waals surface area contributed by atoms with E-state index in [4.69, 9.17) is 4.74 Å². The molecular formula is C44H41F4N7O7S. The number of carbonyl (C=O) groups is 6. The van der Waals surface area contributed by atoms with E-state index in [1.807, 2.05) is 0 Å². The first-order valence-corrected chi connectivity index (χ1v) is 22.1. The van der Waals surface area contributed by atoms with Gasteiger partial charge in [0.1, 0.15) is 23.1 Å². The third kappa shape index (κ3) is 6.34. The first-order valence-electron chi connectivity index (χ1n) is 20.7. The molecule has 10 rings (SSSR count). The van der Waals surface area contributed by atoms with E-state index in [-0.39, 0.29) is 50.9 Å². The summed E-state index contributed by atoms with van der Waals surface area (Å²) in [5, 5.41) is 12.4. The Morgan fingerprint density at radius 1 is 0.952 bits per heavy atom. The molecular weight excluding hydrogens is 847 g/mol. The van der Waals surface area contributed by atoms with Crippen molar-refractivity contribution in [2.45, 2.75) is 86.5 Å². The van der Waals surface area contributed by atoms with E-state index in [1.54, 1.807) is 30.9 Å². The molecule has 3 aromatic carbocycles. The van der Waals surface area contributed by atoms with Gasteiger partial charge in [-0.15, -0.1) is 0 Å². The summed E-state index contributed by atoms with van der Waals surface area (Å²) in [7, 11) is 0. The monoisotopic (exact) mass is 887 g/mol. The summed E-state index contributed by atoms with van der Waals surface area (Å²) in [5.74, 6) is -2.91. The molecule has 2 atom stereocenters. The first-order chi connectivity index (χ1) is 29.8. The van der Waals surface area contributed by atoms with Gasteiger partial charge in [-0.2, -0.15) is 23.3 Å². The van der Waals surface area contributed by atoms with Crippen molar-refractivity contribution in [3.63, 3.8) is 0 Å². The van der Waals surface area contributed by atoms with Gasteiger partial charge in [0.15, 0.2) is 0 Å². The number of nitriles is 1. The van der Waals surface area contributed by atoms with Gasteiger partial charge in [-0.25, -0.2) is 4.39 Å². The number of likely N-dealkylation sites (tertiary alicyclic amines) is 2. The highest BCUT2D eigenvalue weighted by Gasteiger charge is 2.57. The number of hydrogen-bond acceptors (Lipinski definition) is 11. The molecule has 2 N–H and O–H groups in total. The average molecular weight is 888 g/mol. The standard InChI is InChI=1S/C44H41F4N7O7S/c1-41(2)40(61)63(26-5-3-23(19-49)30(14-26)44(46,47)48)51-55(41)24-4-6-27(32(45)13-24)37(58)53-20-42(21-53)17-25(18-42)52-11-9-43(10-12-52)22-62-34-16-29-28(15-31(34)43)38(59)54(39(29)60)33-7-8-35(56)50-36(33)57/h3-6,13-16,25,33,51,63H,7-12,17-18,20-22H2,1-2H3,(H,50,56,57). The zero-order valence-electron chi connectivity index (χ0n) is 34.1. The maximum Gasteiger partial charge on any atom is 0.417 e. The van der Waals surface area contributed by atoms with Crippen LogP contribution in [-0.4, -0.2) is 99.8 Å². The quantitative estimate of drug-likeness (QED) is 0.184. The SMILES string of the molecule is CC1(C)C(=O)[SH](c2ccc(C#N)c(C(F)(F)F)c2)NN1c1ccc(C(=O)N2CC3(CC(N4CCC5(CC4)COc4cc6c(cc45)C(=O)N(C4CCC(=O)NC4=O)C6=O)C3)C2)c(F)c1. The van der Waals surface area contributed by atoms with Crippen molar-refractivity contribution in [3.05, 3.63) is 87.7 Å². The summed E-state index contributed by atoms with van der Waals surface area (Å²) >= 11 is -2.03. The predicted octanol–water partition coefficient (Wildman–Crippen LogP) is 4.75. The van der Waals surface area contributed by atoms with Crippen LogP contribution in [-0.2, 0) is 26.0 Å². The van der Waals surface area contributed by atoms with Gasteiger partial charge >= 0.3 is 6.18 Å². The minimum atomic E-state index is -4.81. The fraction of sp³-hybridized carbons (Fsp3) is 0.432. The maximum atomic E-state index is 15.7. The number of nitrogens with one attached hydrogen (secondary N) is 2. The Labute approximate surface area is 360 Å². The Balaban J connectivity index is 0.747. The van der Waals surface area contributed by atoms with Crippen LogP contribution in [0.3, 0.4) is 0 Å². The maximum absolute atomic E-state index is 15.7. The third-order valence-corrected chi connectivity index (χ3v) is 16.3. The van der Waals surface area contributed by atoms with Gasteiger partial charge in [-0.3, -0.25) is 44.0 Å². The minimum Gasteiger partial charge on any atom is -0.492 e. The summed E-state index contributed by atoms with van der Waals surface area (Å²) in [4.78, 5) is 86.3. The molecule has 0 aromatic heterocycles. The lowest BCUT2D eigenvalue weighted by molar-refractivity contribution is -0.138. The molecule has 2 spiro atoms. The van der Waals surface area contributed by atoms with Crippen LogP contribution in [0.1, 0.15) is 100 Å². The number of halogens is 4. The van der Waals surface area contributed by atoms with Crippen LogP contribution < -0.4 is 19.9 Å². The molecule has 63 heavy (non-hydrogen) atoms. The topological polar surface area (TPSA) is 172 Å². The van der Waals surface area contributed by atoms with Crippen molar-refractivity contribution in [2.75, 3.05) is 37.8 Å². The van der Waals surface area contributed by atoms with Gasteiger partial charge in [0.05, 0.1) is 46.2 Å². The zero-order valence-corrected chi connectivity index (χ0v) is 35.0. The van der Waals surface area contributed by atoms with E-state index in [0.29, 0.717) is 31.5 Å². The van der Waals surface area contributed by atoms with Crippen LogP contribution >= 0.6 is 11.1 Å². The molecule has 2 unspecified atom stereocenters. The number of carbonyl (C=O) groups excluding carboxylic acids is 6. The van der Waals surface area contributed by atoms with E-state index >= 15 is 4.39 Å². The molecule has 4 saturated heterocycles. The first kappa shape index (κ1) is 41.2. The second kappa shape index (κ2) is 14.1. The van der Waals surface area contributed by atoms with Gasteiger partial charge in [0.25, 0.3) is 17.7 Å². The Morgan fingerprint density at radius 2 is 1.65 bits per heavy atom. The van der Waals surface area contributed by atoms with Crippen LogP contribution in [0.2, 0.25) is 0 Å². The predicted molar refractivity (Wildman–Crippen MR) is 217 cm³/mol. The number of benzene rings is 3. The molecule has 3 aromatic rings. The number of imide groups is 2. The number of nitrogens with zero attached hydrogens (tertiary/aromatic N) is 5. The van der Waals surface area contributed by atoms with Crippen LogP contribution in [0, 0.1) is 22.6 Å². The number of amides is 5. The zero-order chi connectivity index (χ0) is 44.5. The van der Waals surface area contributed by atoms with E-state index in [1.165, 1.54) is 29.3 Å². The smallest absolute Gasteiger partial charge is 0.417 e. The number of alkyl halides is 3. The molecule has 6 aliphatic heterocycles. The molecule has 5 fully saturated rings. The lowest BCUT2D eigenvalue weighted by Gasteiger charge is -2.61. The summed E-state index contributed by atoms with van der Waals surface area (Å²) in [5.41, 5.74) is -1.97. The van der Waals surface area contributed by atoms with Crippen molar-refractivity contribution in [2.24, 2.45) is 5.41 Å². The van der Waals surface area contributed by atoms with Crippen LogP contribution in [0.5, 0.6) is 5.75 Å². The third-order valence-electron chi connectivity index (χ3n) is 14.2. The summed E-state index contributed by atoms with van der Waals surface area (Å²) < 4.78 is 63.0. The van der Waals surface area contributed by atoms with Crippen LogP contribution in [0.15, 0.2) is 53.4 Å². The number of ether oxygens (including phenoxy) is 1. The summed E-state index contributed by atoms with van der Waals surface area (Å²) in [6, 6.07) is 11.3. The highest BCUT2D eigenvalue weighted by molar-refractivity contribution is 8.28. The number of rotatable bonds is 5. The molecule has 7 aliphatic rings. The average Bonchev–Trinajstić information content (AvgIpc) is 3.77. The van der Waals surface area contributed by atoms with Gasteiger partial charge in [-0.1, -0.05) is 11.1 Å². The van der Waals surface area contributed by atoms with Gasteiger partial charge in [0, 0.05) is 46.8 Å². The number of hydrazine groups is 1. The number of hydrogen-bond donors (Lipinski definition) is 3. The van der Waals surface area contributed by atoms with Crippen molar-refractivity contribution < 1.29 is 51.1 Å². The van der Waals surface area contributed by atoms with Crippen molar-refractivity contribution in [3.8, 4) is 11.8 Å². The van der Waals surface area contributed by atoms with Gasteiger partial charge < -0.3 is 14.5 Å². The fourth-order valence-corrected chi connectivity index (χ4v) is 12.7. The number of thiol groups is 1. The van der Waals surface area contributed by atoms with Crippen molar-refractivity contribution in [1.82, 2.24) is 24.8 Å². The van der Waals surface area contributed by atoms with Crippen molar-refractivity contribution in [1.29, 1.82) is 5.26 Å². The van der Waals surface area contributed by atoms with E-state index in [0.717, 1.165) is 67.4 Å². The fourth-order valence-electron chi connectivity index (χ4n) is 10.6. The molecule has 328 valence electrons. The number of piperidine rings is 2. The van der Waals surface area contributed by atoms with Gasteiger partial charge in [0.2, 0.25) is 16.9 Å². The number of fused-ring (bicyclic) bond motifs is 3. The van der Waals surface area contributed by atoms with E-state index in [2.05, 4.69) is 15.0 Å². The lowest BCUT2D eigenvalue weighted by atomic mass is 9.59. The summed E-state index contributed by atoms with van der Waals surface area (Å²) in [6.07, 6.45) is -1.38. The molecule has 5 amide bonds. The highest BCUT2D eigenvalue weighted by atomic mass is 32.2. The van der Waals surface area contributed by atoms with E-state index in [9.17, 15) is 47.2 Å². The van der Waals surface area contributed by atoms with Crippen LogP contribution in [0.4, 0.5) is 23.2 Å². The lowest BCUT2D eigenvalue weighted by Crippen LogP contribution is -2.68. The molecule has 0 bridgehead atoms. The highest BCUT2D eigenvalue weighted by Crippen LogP contribution is 2.54. The Morgan fingerprint density at radius 3 is 2.30 bits per heavy atom. The Bertz CT molecular complexity index is 2630. The molecule has 14 nitrogen and oxygen atoms in total. The molecule has 1 saturated carbocycles. The van der Waals surface area contributed by atoms with Crippen LogP contribution in [0.25, 0.3) is 0 Å².